The molecule has 154 valence electrons. The zero-order chi connectivity index (χ0) is 21.2. The number of carbonyl (C=O) groups excluding carboxylic acids is 2. The molecule has 3 aromatic carbocycles. The number of nitrogens with one attached hydrogen (secondary N) is 1. The Hall–Kier alpha value is -3.93. The van der Waals surface area contributed by atoms with Gasteiger partial charge < -0.3 is 5.32 Å². The van der Waals surface area contributed by atoms with Crippen molar-refractivity contribution < 1.29 is 9.59 Å². The number of rotatable bonds is 6. The number of carbonyl (C=O) groups is 2. The number of fused-ring (bicyclic) bond motifs is 3. The van der Waals surface area contributed by atoms with Crippen molar-refractivity contribution in [2.75, 3.05) is 4.90 Å². The van der Waals surface area contributed by atoms with E-state index in [4.69, 9.17) is 4.98 Å². The third-order valence-corrected chi connectivity index (χ3v) is 5.58. The third-order valence-electron chi connectivity index (χ3n) is 5.58. The lowest BCUT2D eigenvalue weighted by molar-refractivity contribution is -0.127. The highest BCUT2D eigenvalue weighted by atomic mass is 16.2. The third kappa shape index (κ3) is 3.68. The predicted molar refractivity (Wildman–Crippen MR) is 119 cm³/mol. The first-order chi connectivity index (χ1) is 15.2. The van der Waals surface area contributed by atoms with E-state index >= 15 is 0 Å². The fourth-order valence-electron chi connectivity index (χ4n) is 4.06. The standard InChI is InChI=1S/C25H22N4O2/c30-23(26-16-18-9-3-1-4-10-18)15-22-24(31)28(17-19-11-5-2-6-12-19)25-27-20-13-7-8-14-21(20)29(22)25/h1-14,22H,15-17H2,(H,26,30). The van der Waals surface area contributed by atoms with Crippen molar-refractivity contribution in [2.24, 2.45) is 0 Å². The fraction of sp³-hybridized carbons (Fsp3) is 0.160. The van der Waals surface area contributed by atoms with Crippen LogP contribution in [0.1, 0.15) is 23.6 Å². The normalized spacial score (nSPS) is 15.3. The van der Waals surface area contributed by atoms with E-state index in [0.29, 0.717) is 19.0 Å². The Kier molecular flexibility index (Phi) is 4.96. The molecule has 0 saturated carbocycles. The van der Waals surface area contributed by atoms with Gasteiger partial charge in [-0.05, 0) is 23.3 Å². The molecule has 0 bridgehead atoms. The van der Waals surface area contributed by atoms with Crippen LogP contribution in [0.3, 0.4) is 0 Å². The zero-order valence-electron chi connectivity index (χ0n) is 16.9. The minimum absolute atomic E-state index is 0.0737. The predicted octanol–water partition coefficient (Wildman–Crippen LogP) is 3.83. The zero-order valence-corrected chi connectivity index (χ0v) is 16.9. The highest BCUT2D eigenvalue weighted by Crippen LogP contribution is 2.37. The first-order valence-corrected chi connectivity index (χ1v) is 10.3. The first kappa shape index (κ1) is 19.1. The summed E-state index contributed by atoms with van der Waals surface area (Å²) in [6, 6.07) is 26.7. The molecule has 0 saturated heterocycles. The van der Waals surface area contributed by atoms with Gasteiger partial charge in [0.15, 0.2) is 0 Å². The summed E-state index contributed by atoms with van der Waals surface area (Å²) in [6.07, 6.45) is 0.0737. The highest BCUT2D eigenvalue weighted by molar-refractivity contribution is 6.03. The van der Waals surface area contributed by atoms with Gasteiger partial charge in [-0.3, -0.25) is 19.1 Å². The van der Waals surface area contributed by atoms with Crippen LogP contribution in [0.4, 0.5) is 5.95 Å². The van der Waals surface area contributed by atoms with Gasteiger partial charge in [0.2, 0.25) is 11.9 Å². The molecule has 1 N–H and O–H groups in total. The maximum Gasteiger partial charge on any atom is 0.253 e. The van der Waals surface area contributed by atoms with Crippen LogP contribution in [0.25, 0.3) is 11.0 Å². The number of imidazole rings is 1. The highest BCUT2D eigenvalue weighted by Gasteiger charge is 2.40. The molecule has 0 spiro atoms. The largest absolute Gasteiger partial charge is 0.352 e. The first-order valence-electron chi connectivity index (χ1n) is 10.3. The number of amides is 2. The van der Waals surface area contributed by atoms with Crippen LogP contribution in [-0.4, -0.2) is 21.4 Å². The number of nitrogens with zero attached hydrogens (tertiary/aromatic N) is 3. The smallest absolute Gasteiger partial charge is 0.253 e. The summed E-state index contributed by atoms with van der Waals surface area (Å²) >= 11 is 0. The Morgan fingerprint density at radius 1 is 0.871 bits per heavy atom. The van der Waals surface area contributed by atoms with Crippen molar-refractivity contribution in [1.29, 1.82) is 0 Å². The molecule has 6 heteroatoms. The van der Waals surface area contributed by atoms with Crippen LogP contribution >= 0.6 is 0 Å². The number of aromatic nitrogens is 2. The summed E-state index contributed by atoms with van der Waals surface area (Å²) in [7, 11) is 0. The average Bonchev–Trinajstić information content (AvgIpc) is 3.30. The molecule has 1 aliphatic rings. The summed E-state index contributed by atoms with van der Waals surface area (Å²) in [6.45, 7) is 0.858. The molecule has 1 aromatic heterocycles. The molecule has 0 fully saturated rings. The molecular weight excluding hydrogens is 388 g/mol. The average molecular weight is 410 g/mol. The molecule has 5 rings (SSSR count). The lowest BCUT2D eigenvalue weighted by Crippen LogP contribution is -2.32. The molecular formula is C25H22N4O2. The second-order valence-electron chi connectivity index (χ2n) is 7.66. The van der Waals surface area contributed by atoms with E-state index in [9.17, 15) is 9.59 Å². The second kappa shape index (κ2) is 8.07. The van der Waals surface area contributed by atoms with Crippen molar-refractivity contribution in [3.8, 4) is 0 Å². The molecule has 6 nitrogen and oxygen atoms in total. The van der Waals surface area contributed by atoms with Crippen molar-refractivity contribution in [1.82, 2.24) is 14.9 Å². The van der Waals surface area contributed by atoms with E-state index in [2.05, 4.69) is 5.32 Å². The van der Waals surface area contributed by atoms with E-state index in [1.54, 1.807) is 4.90 Å². The molecule has 2 heterocycles. The van der Waals surface area contributed by atoms with Gasteiger partial charge >= 0.3 is 0 Å². The minimum Gasteiger partial charge on any atom is -0.352 e. The number of para-hydroxylation sites is 2. The topological polar surface area (TPSA) is 67.2 Å². The van der Waals surface area contributed by atoms with Crippen LogP contribution in [0, 0.1) is 0 Å². The van der Waals surface area contributed by atoms with Crippen LogP contribution in [0.2, 0.25) is 0 Å². The van der Waals surface area contributed by atoms with E-state index < -0.39 is 6.04 Å². The van der Waals surface area contributed by atoms with Gasteiger partial charge in [0.05, 0.1) is 24.0 Å². The molecule has 1 aliphatic heterocycles. The molecule has 0 radical (unpaired) electrons. The Morgan fingerprint density at radius 2 is 1.52 bits per heavy atom. The van der Waals surface area contributed by atoms with E-state index in [1.807, 2.05) is 89.5 Å². The van der Waals surface area contributed by atoms with Crippen molar-refractivity contribution in [3.05, 3.63) is 96.1 Å². The summed E-state index contributed by atoms with van der Waals surface area (Å²) in [5, 5.41) is 2.94. The molecule has 2 amide bonds. The van der Waals surface area contributed by atoms with Crippen molar-refractivity contribution in [3.63, 3.8) is 0 Å². The van der Waals surface area contributed by atoms with E-state index in [0.717, 1.165) is 22.2 Å². The van der Waals surface area contributed by atoms with E-state index in [1.165, 1.54) is 0 Å². The van der Waals surface area contributed by atoms with Gasteiger partial charge in [-0.15, -0.1) is 0 Å². The van der Waals surface area contributed by atoms with Gasteiger partial charge in [-0.1, -0.05) is 72.8 Å². The maximum absolute atomic E-state index is 13.4. The molecule has 4 aromatic rings. The summed E-state index contributed by atoms with van der Waals surface area (Å²) in [4.78, 5) is 32.5. The number of hydrogen-bond acceptors (Lipinski definition) is 3. The van der Waals surface area contributed by atoms with E-state index in [-0.39, 0.29) is 18.2 Å². The van der Waals surface area contributed by atoms with Crippen LogP contribution < -0.4 is 10.2 Å². The number of benzene rings is 3. The van der Waals surface area contributed by atoms with Gasteiger partial charge in [0, 0.05) is 6.54 Å². The lowest BCUT2D eigenvalue weighted by Gasteiger charge is -2.16. The second-order valence-corrected chi connectivity index (χ2v) is 7.66. The molecule has 1 unspecified atom stereocenters. The van der Waals surface area contributed by atoms with Gasteiger partial charge in [-0.2, -0.15) is 0 Å². The lowest BCUT2D eigenvalue weighted by atomic mass is 10.1. The fourth-order valence-corrected chi connectivity index (χ4v) is 4.06. The SMILES string of the molecule is O=C(CC1C(=O)N(Cc2ccccc2)c2nc3ccccc3n21)NCc1ccccc1. The van der Waals surface area contributed by atoms with Crippen LogP contribution in [0.5, 0.6) is 0 Å². The maximum atomic E-state index is 13.4. The molecule has 1 atom stereocenters. The number of hydrogen-bond donors (Lipinski definition) is 1. The van der Waals surface area contributed by atoms with Gasteiger partial charge in [-0.25, -0.2) is 4.98 Å². The Balaban J connectivity index is 1.42. The summed E-state index contributed by atoms with van der Waals surface area (Å²) in [5.74, 6) is 0.329. The van der Waals surface area contributed by atoms with Crippen molar-refractivity contribution in [2.45, 2.75) is 25.6 Å². The van der Waals surface area contributed by atoms with Crippen molar-refractivity contribution >= 4 is 28.8 Å². The minimum atomic E-state index is -0.609. The summed E-state index contributed by atoms with van der Waals surface area (Å²) < 4.78 is 1.91. The molecule has 0 aliphatic carbocycles. The Bertz CT molecular complexity index is 1230. The quantitative estimate of drug-likeness (QED) is 0.525. The molecule has 31 heavy (non-hydrogen) atoms. The van der Waals surface area contributed by atoms with Gasteiger partial charge in [0.25, 0.3) is 5.91 Å². The van der Waals surface area contributed by atoms with Gasteiger partial charge in [0.1, 0.15) is 6.04 Å². The number of anilines is 1. The monoisotopic (exact) mass is 410 g/mol. The summed E-state index contributed by atoms with van der Waals surface area (Å²) in [5.41, 5.74) is 3.72. The Morgan fingerprint density at radius 3 is 2.26 bits per heavy atom. The van der Waals surface area contributed by atoms with Crippen LogP contribution in [-0.2, 0) is 22.7 Å². The van der Waals surface area contributed by atoms with Crippen LogP contribution in [0.15, 0.2) is 84.9 Å². The Labute approximate surface area is 180 Å².